The number of aliphatic imine (C=N–C) groups is 1. The van der Waals surface area contributed by atoms with Gasteiger partial charge in [-0.25, -0.2) is 0 Å². The van der Waals surface area contributed by atoms with Gasteiger partial charge in [-0.3, -0.25) is 9.79 Å². The summed E-state index contributed by atoms with van der Waals surface area (Å²) in [6.45, 7) is 8.70. The van der Waals surface area contributed by atoms with Gasteiger partial charge in [0.15, 0.2) is 0 Å². The van der Waals surface area contributed by atoms with Crippen molar-refractivity contribution in [2.45, 2.75) is 62.8 Å². The third-order valence-corrected chi connectivity index (χ3v) is 7.42. The van der Waals surface area contributed by atoms with E-state index >= 15 is 0 Å². The van der Waals surface area contributed by atoms with Gasteiger partial charge in [0.25, 0.3) is 5.91 Å². The zero-order chi connectivity index (χ0) is 19.8. The molecule has 0 bridgehead atoms. The van der Waals surface area contributed by atoms with Crippen LogP contribution in [0.4, 0.5) is 5.69 Å². The van der Waals surface area contributed by atoms with Crippen molar-refractivity contribution in [3.05, 3.63) is 53.1 Å². The van der Waals surface area contributed by atoms with Crippen LogP contribution in [0, 0.1) is 18.8 Å². The number of aryl methyl sites for hydroxylation is 1. The average Bonchev–Trinajstić information content (AvgIpc) is 2.80. The van der Waals surface area contributed by atoms with Gasteiger partial charge < -0.3 is 5.32 Å². The maximum absolute atomic E-state index is 12.9. The van der Waals surface area contributed by atoms with E-state index in [4.69, 9.17) is 4.99 Å². The number of hydrogen-bond acceptors (Lipinski definition) is 3. The molecule has 3 atom stereocenters. The second kappa shape index (κ2) is 7.75. The lowest BCUT2D eigenvalue weighted by atomic mass is 9.78. The number of benzene rings is 2. The highest BCUT2D eigenvalue weighted by atomic mass is 32.2. The summed E-state index contributed by atoms with van der Waals surface area (Å²) in [5, 5.41) is 3.28. The molecule has 3 unspecified atom stereocenters. The summed E-state index contributed by atoms with van der Waals surface area (Å²) in [4.78, 5) is 20.1. The normalized spacial score (nSPS) is 23.9. The molecule has 1 aliphatic heterocycles. The van der Waals surface area contributed by atoms with Gasteiger partial charge in [-0.05, 0) is 62.4 Å². The Labute approximate surface area is 172 Å². The minimum atomic E-state index is 0.0178. The molecule has 1 amide bonds. The lowest BCUT2D eigenvalue weighted by Crippen LogP contribution is -2.43. The molecule has 0 aromatic heterocycles. The van der Waals surface area contributed by atoms with Crippen molar-refractivity contribution in [2.24, 2.45) is 16.8 Å². The second-order valence-electron chi connectivity index (χ2n) is 8.33. The summed E-state index contributed by atoms with van der Waals surface area (Å²) < 4.78 is 0. The topological polar surface area (TPSA) is 41.5 Å². The Bertz CT molecular complexity index is 950. The fraction of sp³-hybridized carbons (Fsp3) is 0.417. The van der Waals surface area contributed by atoms with E-state index in [0.717, 1.165) is 22.7 Å². The van der Waals surface area contributed by atoms with E-state index in [0.29, 0.717) is 17.4 Å². The van der Waals surface area contributed by atoms with Crippen LogP contribution in [-0.2, 0) is 0 Å². The first-order chi connectivity index (χ1) is 13.4. The van der Waals surface area contributed by atoms with Crippen LogP contribution in [0.25, 0.3) is 0 Å². The third kappa shape index (κ3) is 3.75. The molecule has 0 radical (unpaired) electrons. The molecule has 1 aliphatic carbocycles. The first-order valence-corrected chi connectivity index (χ1v) is 11.0. The number of fused-ring (bicyclic) bond motifs is 2. The predicted molar refractivity (Wildman–Crippen MR) is 117 cm³/mol. The fourth-order valence-corrected chi connectivity index (χ4v) is 5.28. The Morgan fingerprint density at radius 3 is 2.68 bits per heavy atom. The van der Waals surface area contributed by atoms with Crippen molar-refractivity contribution >= 4 is 29.1 Å². The number of amides is 1. The lowest BCUT2D eigenvalue weighted by molar-refractivity contribution is 0.0891. The molecule has 146 valence electrons. The van der Waals surface area contributed by atoms with Crippen molar-refractivity contribution in [1.29, 1.82) is 0 Å². The molecule has 3 nitrogen and oxygen atoms in total. The molecule has 1 saturated carbocycles. The van der Waals surface area contributed by atoms with Gasteiger partial charge in [-0.2, -0.15) is 0 Å². The highest BCUT2D eigenvalue weighted by molar-refractivity contribution is 7.99. The molecule has 2 aromatic rings. The van der Waals surface area contributed by atoms with Crippen molar-refractivity contribution in [3.63, 3.8) is 0 Å². The van der Waals surface area contributed by atoms with Gasteiger partial charge in [0, 0.05) is 32.7 Å². The lowest BCUT2D eigenvalue weighted by Gasteiger charge is -2.34. The van der Waals surface area contributed by atoms with Crippen LogP contribution in [0.5, 0.6) is 0 Å². The van der Waals surface area contributed by atoms with Crippen molar-refractivity contribution in [3.8, 4) is 0 Å². The van der Waals surface area contributed by atoms with Crippen LogP contribution in [0.3, 0.4) is 0 Å². The van der Waals surface area contributed by atoms with Gasteiger partial charge >= 0.3 is 0 Å². The molecule has 1 fully saturated rings. The average molecular weight is 393 g/mol. The fourth-order valence-electron chi connectivity index (χ4n) is 4.24. The Hall–Kier alpha value is -2.07. The number of carbonyl (C=O) groups is 1. The number of nitrogens with zero attached hydrogens (tertiary/aromatic N) is 1. The number of nitrogens with one attached hydrogen (secondary N) is 1. The Morgan fingerprint density at radius 2 is 1.86 bits per heavy atom. The van der Waals surface area contributed by atoms with Crippen molar-refractivity contribution < 1.29 is 4.79 Å². The van der Waals surface area contributed by atoms with Crippen LogP contribution in [0.1, 0.15) is 61.5 Å². The summed E-state index contributed by atoms with van der Waals surface area (Å²) in [7, 11) is 0. The molecular formula is C24H28N2OS. The van der Waals surface area contributed by atoms with Gasteiger partial charge in [0.1, 0.15) is 0 Å². The quantitative estimate of drug-likeness (QED) is 0.665. The minimum Gasteiger partial charge on any atom is -0.349 e. The second-order valence-corrected chi connectivity index (χ2v) is 9.41. The molecule has 4 heteroatoms. The van der Waals surface area contributed by atoms with E-state index in [1.54, 1.807) is 11.8 Å². The number of hydrogen-bond donors (Lipinski definition) is 1. The molecule has 1 N–H and O–H groups in total. The SMILES string of the molecule is CC1=Nc2cc(C(=O)NC3CCCC(C)C3C)ccc2Sc2ccc(C)cc21. The zero-order valence-electron chi connectivity index (χ0n) is 17.1. The third-order valence-electron chi connectivity index (χ3n) is 6.28. The smallest absolute Gasteiger partial charge is 0.251 e. The van der Waals surface area contributed by atoms with E-state index in [1.807, 2.05) is 25.1 Å². The van der Waals surface area contributed by atoms with E-state index in [9.17, 15) is 4.79 Å². The first kappa shape index (κ1) is 19.3. The van der Waals surface area contributed by atoms with Gasteiger partial charge in [-0.1, -0.05) is 50.1 Å². The summed E-state index contributed by atoms with van der Waals surface area (Å²) in [5.41, 5.74) is 4.99. The highest BCUT2D eigenvalue weighted by Gasteiger charge is 2.28. The van der Waals surface area contributed by atoms with Crippen LogP contribution < -0.4 is 5.32 Å². The molecule has 4 rings (SSSR count). The Morgan fingerprint density at radius 1 is 1.07 bits per heavy atom. The van der Waals surface area contributed by atoms with Gasteiger partial charge in [-0.15, -0.1) is 0 Å². The predicted octanol–water partition coefficient (Wildman–Crippen LogP) is 6.15. The Balaban J connectivity index is 1.60. The molecule has 2 aromatic carbocycles. The summed E-state index contributed by atoms with van der Waals surface area (Å²) >= 11 is 1.73. The minimum absolute atomic E-state index is 0.0178. The molecule has 0 spiro atoms. The van der Waals surface area contributed by atoms with Gasteiger partial charge in [0.05, 0.1) is 5.69 Å². The largest absolute Gasteiger partial charge is 0.349 e. The standard InChI is InChI=1S/C24H28N2OS/c1-14-8-10-22-19(12-14)17(4)25-21-13-18(9-11-23(21)28-22)24(27)26-20-7-5-6-15(2)16(20)3/h8-13,15-16,20H,5-7H2,1-4H3,(H,26,27). The first-order valence-electron chi connectivity index (χ1n) is 10.2. The zero-order valence-corrected chi connectivity index (χ0v) is 17.9. The summed E-state index contributed by atoms with van der Waals surface area (Å²) in [5.74, 6) is 1.20. The van der Waals surface area contributed by atoms with Crippen LogP contribution in [0.2, 0.25) is 0 Å². The molecule has 0 saturated heterocycles. The molecule has 1 heterocycles. The van der Waals surface area contributed by atoms with Crippen LogP contribution in [-0.4, -0.2) is 17.7 Å². The van der Waals surface area contributed by atoms with Crippen molar-refractivity contribution in [1.82, 2.24) is 5.32 Å². The maximum atomic E-state index is 12.9. The van der Waals surface area contributed by atoms with Gasteiger partial charge in [0.2, 0.25) is 0 Å². The molecule has 2 aliphatic rings. The van der Waals surface area contributed by atoms with E-state index < -0.39 is 0 Å². The van der Waals surface area contributed by atoms with E-state index in [2.05, 4.69) is 44.3 Å². The van der Waals surface area contributed by atoms with E-state index in [-0.39, 0.29) is 11.9 Å². The van der Waals surface area contributed by atoms with Crippen LogP contribution in [0.15, 0.2) is 51.2 Å². The maximum Gasteiger partial charge on any atom is 0.251 e. The molecular weight excluding hydrogens is 364 g/mol. The van der Waals surface area contributed by atoms with E-state index in [1.165, 1.54) is 28.9 Å². The number of carbonyl (C=O) groups excluding carboxylic acids is 1. The Kier molecular flexibility index (Phi) is 5.33. The molecule has 28 heavy (non-hydrogen) atoms. The summed E-state index contributed by atoms with van der Waals surface area (Å²) in [6.07, 6.45) is 3.53. The summed E-state index contributed by atoms with van der Waals surface area (Å²) in [6, 6.07) is 12.7. The number of rotatable bonds is 2. The van der Waals surface area contributed by atoms with Crippen molar-refractivity contribution in [2.75, 3.05) is 0 Å². The highest BCUT2D eigenvalue weighted by Crippen LogP contribution is 2.41. The monoisotopic (exact) mass is 392 g/mol. The van der Waals surface area contributed by atoms with Crippen LogP contribution >= 0.6 is 11.8 Å².